The van der Waals surface area contributed by atoms with E-state index in [-0.39, 0.29) is 25.5 Å². The Morgan fingerprint density at radius 3 is 2.30 bits per heavy atom. The number of ether oxygens (including phenoxy) is 1. The summed E-state index contributed by atoms with van der Waals surface area (Å²) >= 11 is 0. The van der Waals surface area contributed by atoms with Crippen LogP contribution in [0.15, 0.2) is 53.1 Å². The summed E-state index contributed by atoms with van der Waals surface area (Å²) in [6, 6.07) is 10.6. The van der Waals surface area contributed by atoms with Crippen LogP contribution in [0.1, 0.15) is 44.9 Å². The van der Waals surface area contributed by atoms with Gasteiger partial charge >= 0.3 is 6.09 Å². The summed E-state index contributed by atoms with van der Waals surface area (Å²) in [5.41, 5.74) is 0.815. The van der Waals surface area contributed by atoms with Crippen molar-refractivity contribution in [1.82, 2.24) is 16.0 Å². The minimum atomic E-state index is -1.02. The number of alkyl carbamates (subject to hydrolysis) is 1. The molecule has 1 heterocycles. The van der Waals surface area contributed by atoms with Crippen LogP contribution in [0.5, 0.6) is 0 Å². The molecule has 178 valence electrons. The molecule has 1 aromatic heterocycles. The second kappa shape index (κ2) is 13.0. The number of carbonyl (C=O) groups is 4. The summed E-state index contributed by atoms with van der Waals surface area (Å²) in [5, 5.41) is 7.62. The lowest BCUT2D eigenvalue weighted by Crippen LogP contribution is -2.54. The van der Waals surface area contributed by atoms with Gasteiger partial charge in [-0.2, -0.15) is 0 Å². The van der Waals surface area contributed by atoms with E-state index in [9.17, 15) is 19.2 Å². The van der Waals surface area contributed by atoms with Crippen molar-refractivity contribution in [3.05, 3.63) is 60.1 Å². The molecule has 0 aliphatic heterocycles. The summed E-state index contributed by atoms with van der Waals surface area (Å²) < 4.78 is 10.3. The highest BCUT2D eigenvalue weighted by Crippen LogP contribution is 2.08. The van der Waals surface area contributed by atoms with Gasteiger partial charge in [0.1, 0.15) is 18.4 Å². The molecular formula is C24H31N3O6. The van der Waals surface area contributed by atoms with E-state index >= 15 is 0 Å². The Labute approximate surface area is 193 Å². The van der Waals surface area contributed by atoms with Gasteiger partial charge in [0.25, 0.3) is 5.91 Å². The predicted molar refractivity (Wildman–Crippen MR) is 121 cm³/mol. The first kappa shape index (κ1) is 25.6. The zero-order valence-corrected chi connectivity index (χ0v) is 19.1. The highest BCUT2D eigenvalue weighted by atomic mass is 16.5. The number of rotatable bonds is 12. The van der Waals surface area contributed by atoms with E-state index in [2.05, 4.69) is 16.0 Å². The van der Waals surface area contributed by atoms with Gasteiger partial charge < -0.3 is 25.1 Å². The van der Waals surface area contributed by atoms with Crippen molar-refractivity contribution in [1.29, 1.82) is 0 Å². The van der Waals surface area contributed by atoms with E-state index < -0.39 is 35.8 Å². The maximum absolute atomic E-state index is 12.8. The molecule has 9 heteroatoms. The third-order valence-electron chi connectivity index (χ3n) is 4.80. The summed E-state index contributed by atoms with van der Waals surface area (Å²) in [6.45, 7) is 5.62. The number of nitrogens with one attached hydrogen (secondary N) is 3. The lowest BCUT2D eigenvalue weighted by molar-refractivity contribution is -0.140. The molecule has 33 heavy (non-hydrogen) atoms. The third-order valence-corrected chi connectivity index (χ3v) is 4.80. The van der Waals surface area contributed by atoms with Crippen molar-refractivity contribution in [3.63, 3.8) is 0 Å². The lowest BCUT2D eigenvalue weighted by atomic mass is 10.0. The smallest absolute Gasteiger partial charge is 0.408 e. The largest absolute Gasteiger partial charge is 0.467 e. The maximum atomic E-state index is 12.8. The second-order valence-electron chi connectivity index (χ2n) is 7.98. The molecule has 1 aromatic carbocycles. The molecule has 0 spiro atoms. The fourth-order valence-electron chi connectivity index (χ4n) is 3.06. The standard InChI is InChI=1S/C24H31N3O6/c1-4-19(21(28)23(30)25-14-18-11-8-12-32-18)26-22(29)20(13-16(2)3)27-24(31)33-15-17-9-6-5-7-10-17/h5-12,16,19-20H,4,13-15H2,1-3H3,(H,25,30)(H,26,29)(H,27,31)/t19-,20-/m0/s1. The van der Waals surface area contributed by atoms with E-state index in [1.54, 1.807) is 19.1 Å². The van der Waals surface area contributed by atoms with Crippen molar-refractivity contribution >= 4 is 23.7 Å². The summed E-state index contributed by atoms with van der Waals surface area (Å²) in [7, 11) is 0. The average molecular weight is 458 g/mol. The third kappa shape index (κ3) is 8.80. The number of benzene rings is 1. The number of hydrogen-bond acceptors (Lipinski definition) is 6. The maximum Gasteiger partial charge on any atom is 0.408 e. The Hall–Kier alpha value is -3.62. The highest BCUT2D eigenvalue weighted by molar-refractivity contribution is 6.38. The number of ketones is 1. The van der Waals surface area contributed by atoms with Crippen LogP contribution >= 0.6 is 0 Å². The lowest BCUT2D eigenvalue weighted by Gasteiger charge is -2.23. The van der Waals surface area contributed by atoms with Gasteiger partial charge in [0.05, 0.1) is 18.8 Å². The molecule has 0 bridgehead atoms. The molecule has 3 amide bonds. The zero-order chi connectivity index (χ0) is 24.2. The zero-order valence-electron chi connectivity index (χ0n) is 19.1. The van der Waals surface area contributed by atoms with Crippen molar-refractivity contribution in [3.8, 4) is 0 Å². The van der Waals surface area contributed by atoms with Gasteiger partial charge in [-0.3, -0.25) is 14.4 Å². The molecule has 2 atom stereocenters. The van der Waals surface area contributed by atoms with Crippen molar-refractivity contribution < 1.29 is 28.3 Å². The van der Waals surface area contributed by atoms with E-state index in [1.807, 2.05) is 44.2 Å². The van der Waals surface area contributed by atoms with Crippen LogP contribution in [0.3, 0.4) is 0 Å². The van der Waals surface area contributed by atoms with Crippen LogP contribution in [0.25, 0.3) is 0 Å². The number of amides is 3. The van der Waals surface area contributed by atoms with Gasteiger partial charge in [0.2, 0.25) is 11.7 Å². The first-order valence-corrected chi connectivity index (χ1v) is 10.9. The van der Waals surface area contributed by atoms with Gasteiger partial charge in [-0.15, -0.1) is 0 Å². The molecule has 0 aliphatic rings. The number of furan rings is 1. The minimum Gasteiger partial charge on any atom is -0.467 e. The molecule has 0 unspecified atom stereocenters. The molecule has 0 saturated carbocycles. The van der Waals surface area contributed by atoms with E-state index in [4.69, 9.17) is 9.15 Å². The first-order valence-electron chi connectivity index (χ1n) is 10.9. The Morgan fingerprint density at radius 2 is 1.70 bits per heavy atom. The monoisotopic (exact) mass is 457 g/mol. The summed E-state index contributed by atoms with van der Waals surface area (Å²) in [4.78, 5) is 49.9. The van der Waals surface area contributed by atoms with Crippen LogP contribution < -0.4 is 16.0 Å². The van der Waals surface area contributed by atoms with Crippen molar-refractivity contribution in [2.24, 2.45) is 5.92 Å². The summed E-state index contributed by atoms with van der Waals surface area (Å²) in [5.74, 6) is -1.56. The number of hydrogen-bond donors (Lipinski definition) is 3. The van der Waals surface area contributed by atoms with Gasteiger partial charge in [-0.25, -0.2) is 4.79 Å². The molecule has 2 rings (SSSR count). The minimum absolute atomic E-state index is 0.0622. The molecular weight excluding hydrogens is 426 g/mol. The predicted octanol–water partition coefficient (Wildman–Crippen LogP) is 2.70. The molecule has 9 nitrogen and oxygen atoms in total. The SMILES string of the molecule is CC[C@H](NC(=O)[C@H](CC(C)C)NC(=O)OCc1ccccc1)C(=O)C(=O)NCc1ccco1. The number of Topliss-reactive ketones (excluding diaryl/α,β-unsaturated/α-hetero) is 1. The van der Waals surface area contributed by atoms with Crippen LogP contribution in [0, 0.1) is 5.92 Å². The Balaban J connectivity index is 1.92. The van der Waals surface area contributed by atoms with Crippen LogP contribution in [-0.2, 0) is 32.3 Å². The van der Waals surface area contributed by atoms with E-state index in [0.717, 1.165) is 5.56 Å². The first-order chi connectivity index (χ1) is 15.8. The topological polar surface area (TPSA) is 127 Å². The molecule has 0 radical (unpaired) electrons. The van der Waals surface area contributed by atoms with Crippen molar-refractivity contribution in [2.75, 3.05) is 0 Å². The van der Waals surface area contributed by atoms with Crippen molar-refractivity contribution in [2.45, 2.75) is 58.8 Å². The Kier molecular flexibility index (Phi) is 10.1. The molecule has 0 aliphatic carbocycles. The van der Waals surface area contributed by atoms with Gasteiger partial charge in [-0.05, 0) is 36.5 Å². The van der Waals surface area contributed by atoms with E-state index in [0.29, 0.717) is 12.2 Å². The molecule has 3 N–H and O–H groups in total. The number of carbonyl (C=O) groups excluding carboxylic acids is 4. The summed E-state index contributed by atoms with van der Waals surface area (Å²) in [6.07, 6.45) is 1.27. The fraction of sp³-hybridized carbons (Fsp3) is 0.417. The Morgan fingerprint density at radius 1 is 0.970 bits per heavy atom. The fourth-order valence-corrected chi connectivity index (χ4v) is 3.06. The molecule has 0 saturated heterocycles. The molecule has 2 aromatic rings. The van der Waals surface area contributed by atoms with E-state index in [1.165, 1.54) is 6.26 Å². The van der Waals surface area contributed by atoms with Gasteiger partial charge in [0, 0.05) is 0 Å². The van der Waals surface area contributed by atoms with Crippen LogP contribution in [-0.4, -0.2) is 35.8 Å². The normalized spacial score (nSPS) is 12.5. The van der Waals surface area contributed by atoms with Gasteiger partial charge in [-0.1, -0.05) is 51.1 Å². The van der Waals surface area contributed by atoms with Crippen LogP contribution in [0.2, 0.25) is 0 Å². The second-order valence-corrected chi connectivity index (χ2v) is 7.98. The average Bonchev–Trinajstić information content (AvgIpc) is 3.32. The quantitative estimate of drug-likeness (QED) is 0.421. The molecule has 0 fully saturated rings. The Bertz CT molecular complexity index is 912. The van der Waals surface area contributed by atoms with Gasteiger partial charge in [0.15, 0.2) is 0 Å². The highest BCUT2D eigenvalue weighted by Gasteiger charge is 2.29. The van der Waals surface area contributed by atoms with Crippen LogP contribution in [0.4, 0.5) is 4.79 Å².